The van der Waals surface area contributed by atoms with Crippen molar-refractivity contribution in [1.29, 1.82) is 0 Å². The van der Waals surface area contributed by atoms with Gasteiger partial charge in [0.1, 0.15) is 5.82 Å². The molecule has 0 aliphatic carbocycles. The molecule has 2 nitrogen and oxygen atoms in total. The molecule has 0 aromatic heterocycles. The quantitative estimate of drug-likeness (QED) is 0.587. The minimum Gasteiger partial charge on any atom is -0.387 e. The largest absolute Gasteiger partial charge is 0.387 e. The number of benzene rings is 1. The predicted octanol–water partition coefficient (Wildman–Crippen LogP) is 1.86. The molecule has 1 aromatic carbocycles. The lowest BCUT2D eigenvalue weighted by molar-refractivity contribution is 0.170. The molecule has 0 aliphatic heterocycles. The van der Waals surface area contributed by atoms with Gasteiger partial charge in [-0.2, -0.15) is 0 Å². The fourth-order valence-corrected chi connectivity index (χ4v) is 1.37. The third-order valence-electron chi connectivity index (χ3n) is 2.21. The van der Waals surface area contributed by atoms with Crippen molar-refractivity contribution >= 4 is 0 Å². The summed E-state index contributed by atoms with van der Waals surface area (Å²) in [5.41, 5.74) is 0.330. The summed E-state index contributed by atoms with van der Waals surface area (Å²) in [4.78, 5) is 0. The van der Waals surface area contributed by atoms with E-state index < -0.39 is 6.10 Å². The third kappa shape index (κ3) is 4.01. The molecule has 0 radical (unpaired) electrons. The van der Waals surface area contributed by atoms with Crippen LogP contribution in [-0.4, -0.2) is 18.2 Å². The molecule has 1 atom stereocenters. The number of aliphatic hydroxyl groups is 1. The van der Waals surface area contributed by atoms with Crippen LogP contribution in [0.15, 0.2) is 24.3 Å². The highest BCUT2D eigenvalue weighted by molar-refractivity contribution is 5.19. The first-order valence-electron chi connectivity index (χ1n) is 5.28. The molecule has 0 amide bonds. The number of halogens is 1. The van der Waals surface area contributed by atoms with Gasteiger partial charge in [-0.25, -0.2) is 4.39 Å². The minimum absolute atomic E-state index is 0.330. The van der Waals surface area contributed by atoms with E-state index >= 15 is 0 Å². The molecule has 1 aromatic rings. The van der Waals surface area contributed by atoms with E-state index in [-0.39, 0.29) is 5.82 Å². The van der Waals surface area contributed by atoms with Gasteiger partial charge < -0.3 is 10.4 Å². The van der Waals surface area contributed by atoms with Gasteiger partial charge in [0, 0.05) is 25.1 Å². The molecule has 3 heteroatoms. The average molecular weight is 221 g/mol. The number of hydrogen-bond acceptors (Lipinski definition) is 2. The van der Waals surface area contributed by atoms with E-state index in [9.17, 15) is 9.50 Å². The smallest absolute Gasteiger partial charge is 0.129 e. The Hall–Kier alpha value is -1.37. The van der Waals surface area contributed by atoms with Crippen molar-refractivity contribution in [2.75, 3.05) is 13.1 Å². The molecule has 2 N–H and O–H groups in total. The molecule has 0 spiro atoms. The van der Waals surface area contributed by atoms with Crippen LogP contribution in [0.1, 0.15) is 25.0 Å². The summed E-state index contributed by atoms with van der Waals surface area (Å²) in [6.07, 6.45) is -0.0729. The lowest BCUT2D eigenvalue weighted by Crippen LogP contribution is -2.22. The molecular formula is C13H16FNO. The lowest BCUT2D eigenvalue weighted by atomic mass is 10.1. The second-order valence-electron chi connectivity index (χ2n) is 3.42. The van der Waals surface area contributed by atoms with Gasteiger partial charge in [-0.05, 0) is 13.0 Å². The van der Waals surface area contributed by atoms with Crippen molar-refractivity contribution in [2.45, 2.75) is 19.4 Å². The Balaban J connectivity index is 2.37. The van der Waals surface area contributed by atoms with Gasteiger partial charge in [0.05, 0.1) is 6.10 Å². The first kappa shape index (κ1) is 12.7. The van der Waals surface area contributed by atoms with Crippen LogP contribution >= 0.6 is 0 Å². The van der Waals surface area contributed by atoms with Crippen molar-refractivity contribution in [3.63, 3.8) is 0 Å². The first-order valence-corrected chi connectivity index (χ1v) is 5.28. The number of hydrogen-bond donors (Lipinski definition) is 2. The van der Waals surface area contributed by atoms with Crippen LogP contribution in [0.4, 0.5) is 4.39 Å². The highest BCUT2D eigenvalue weighted by Crippen LogP contribution is 2.15. The molecule has 86 valence electrons. The summed E-state index contributed by atoms with van der Waals surface area (Å²) in [6, 6.07) is 6.26. The van der Waals surface area contributed by atoms with Crippen molar-refractivity contribution in [2.24, 2.45) is 0 Å². The van der Waals surface area contributed by atoms with Crippen LogP contribution in [0.2, 0.25) is 0 Å². The Morgan fingerprint density at radius 2 is 2.19 bits per heavy atom. The van der Waals surface area contributed by atoms with Crippen LogP contribution in [0.3, 0.4) is 0 Å². The molecule has 16 heavy (non-hydrogen) atoms. The monoisotopic (exact) mass is 221 g/mol. The Morgan fingerprint density at radius 1 is 1.44 bits per heavy atom. The number of nitrogens with one attached hydrogen (secondary N) is 1. The Labute approximate surface area is 95.5 Å². The molecule has 1 rings (SSSR count). The van der Waals surface area contributed by atoms with Crippen LogP contribution in [-0.2, 0) is 0 Å². The van der Waals surface area contributed by atoms with E-state index in [1.807, 2.05) is 0 Å². The van der Waals surface area contributed by atoms with E-state index in [0.717, 1.165) is 6.42 Å². The number of aliphatic hydroxyl groups excluding tert-OH is 1. The summed E-state index contributed by atoms with van der Waals surface area (Å²) < 4.78 is 13.3. The molecule has 0 saturated heterocycles. The highest BCUT2D eigenvalue weighted by Gasteiger charge is 2.10. The van der Waals surface area contributed by atoms with Crippen LogP contribution in [0, 0.1) is 17.7 Å². The standard InChI is InChI=1S/C13H16FNO/c1-2-3-6-9-15-10-13(16)11-7-4-5-8-12(11)14/h4-5,7-8,13,15-16H,6,9-10H2,1H3. The van der Waals surface area contributed by atoms with Gasteiger partial charge in [0.25, 0.3) is 0 Å². The van der Waals surface area contributed by atoms with Gasteiger partial charge in [-0.1, -0.05) is 18.2 Å². The summed E-state index contributed by atoms with van der Waals surface area (Å²) in [6.45, 7) is 2.83. The van der Waals surface area contributed by atoms with E-state index in [1.165, 1.54) is 6.07 Å². The van der Waals surface area contributed by atoms with Crippen molar-refractivity contribution in [3.8, 4) is 11.8 Å². The van der Waals surface area contributed by atoms with Crippen LogP contribution in [0.5, 0.6) is 0 Å². The third-order valence-corrected chi connectivity index (χ3v) is 2.21. The zero-order chi connectivity index (χ0) is 11.8. The average Bonchev–Trinajstić information content (AvgIpc) is 2.29. The van der Waals surface area contributed by atoms with Crippen LogP contribution in [0.25, 0.3) is 0 Å². The second kappa shape index (κ2) is 7.00. The molecule has 0 heterocycles. The zero-order valence-electron chi connectivity index (χ0n) is 9.33. The fourth-order valence-electron chi connectivity index (χ4n) is 1.37. The van der Waals surface area contributed by atoms with Crippen LogP contribution < -0.4 is 5.32 Å². The maximum atomic E-state index is 13.3. The van der Waals surface area contributed by atoms with Gasteiger partial charge in [-0.15, -0.1) is 11.8 Å². The topological polar surface area (TPSA) is 32.3 Å². The number of rotatable bonds is 5. The van der Waals surface area contributed by atoms with E-state index in [1.54, 1.807) is 25.1 Å². The Morgan fingerprint density at radius 3 is 2.88 bits per heavy atom. The molecular weight excluding hydrogens is 205 g/mol. The Kier molecular flexibility index (Phi) is 5.55. The van der Waals surface area contributed by atoms with E-state index in [2.05, 4.69) is 17.2 Å². The van der Waals surface area contributed by atoms with Crippen molar-refractivity contribution in [1.82, 2.24) is 5.32 Å². The highest BCUT2D eigenvalue weighted by atomic mass is 19.1. The first-order chi connectivity index (χ1) is 7.75. The summed E-state index contributed by atoms with van der Waals surface area (Å²) in [7, 11) is 0. The van der Waals surface area contributed by atoms with Crippen molar-refractivity contribution < 1.29 is 9.50 Å². The summed E-state index contributed by atoms with van der Waals surface area (Å²) in [5.74, 6) is 5.32. The van der Waals surface area contributed by atoms with E-state index in [4.69, 9.17) is 0 Å². The second-order valence-corrected chi connectivity index (χ2v) is 3.42. The maximum absolute atomic E-state index is 13.3. The molecule has 0 aliphatic rings. The molecule has 1 unspecified atom stereocenters. The summed E-state index contributed by atoms with van der Waals surface area (Å²) >= 11 is 0. The lowest BCUT2D eigenvalue weighted by Gasteiger charge is -2.12. The van der Waals surface area contributed by atoms with Gasteiger partial charge >= 0.3 is 0 Å². The molecule has 0 fully saturated rings. The van der Waals surface area contributed by atoms with Gasteiger partial charge in [0.2, 0.25) is 0 Å². The van der Waals surface area contributed by atoms with E-state index in [0.29, 0.717) is 18.7 Å². The molecule has 0 saturated carbocycles. The SMILES string of the molecule is CC#CCCNCC(O)c1ccccc1F. The van der Waals surface area contributed by atoms with Crippen molar-refractivity contribution in [3.05, 3.63) is 35.6 Å². The summed E-state index contributed by atoms with van der Waals surface area (Å²) in [5, 5.41) is 12.7. The molecule has 0 bridgehead atoms. The predicted molar refractivity (Wildman–Crippen MR) is 62.3 cm³/mol. The normalized spacial score (nSPS) is 11.7. The van der Waals surface area contributed by atoms with Gasteiger partial charge in [0.15, 0.2) is 0 Å². The van der Waals surface area contributed by atoms with Gasteiger partial charge in [-0.3, -0.25) is 0 Å². The zero-order valence-corrected chi connectivity index (χ0v) is 9.33. The Bertz CT molecular complexity index is 381. The minimum atomic E-state index is -0.809. The fraction of sp³-hybridized carbons (Fsp3) is 0.385. The maximum Gasteiger partial charge on any atom is 0.129 e.